The van der Waals surface area contributed by atoms with Crippen molar-refractivity contribution in [2.75, 3.05) is 0 Å². The Morgan fingerprint density at radius 1 is 1.00 bits per heavy atom. The lowest BCUT2D eigenvalue weighted by Crippen LogP contribution is -2.03. The van der Waals surface area contributed by atoms with Crippen LogP contribution in [0.1, 0.15) is 15.9 Å². The van der Waals surface area contributed by atoms with Gasteiger partial charge in [0, 0.05) is 12.0 Å². The Bertz CT molecular complexity index is 792. The van der Waals surface area contributed by atoms with Crippen molar-refractivity contribution in [2.24, 2.45) is 0 Å². The molecule has 0 unspecified atom stereocenters. The zero-order chi connectivity index (χ0) is 13.2. The molecular formula is C15H13BrN2OS. The number of carbonyl (C=O) groups excluding carboxylic acids is 1. The number of carbonyl (C=O) groups is 1. The van der Waals surface area contributed by atoms with E-state index >= 15 is 0 Å². The Balaban J connectivity index is 0.00000147. The molecule has 20 heavy (non-hydrogen) atoms. The van der Waals surface area contributed by atoms with E-state index in [-0.39, 0.29) is 22.8 Å². The number of ketones is 1. The van der Waals surface area contributed by atoms with Crippen molar-refractivity contribution < 1.29 is 4.79 Å². The summed E-state index contributed by atoms with van der Waals surface area (Å²) in [6.45, 7) is 0. The fraction of sp³-hybridized carbons (Fsp3) is 0.0667. The van der Waals surface area contributed by atoms with Crippen LogP contribution in [0.4, 0.5) is 0 Å². The fourth-order valence-corrected chi connectivity index (χ4v) is 2.38. The van der Waals surface area contributed by atoms with Crippen LogP contribution in [0, 0.1) is 4.77 Å². The van der Waals surface area contributed by atoms with Crippen LogP contribution in [0.2, 0.25) is 0 Å². The molecule has 0 radical (unpaired) electrons. The summed E-state index contributed by atoms with van der Waals surface area (Å²) in [4.78, 5) is 18.4. The Hall–Kier alpha value is -1.72. The molecule has 1 aromatic heterocycles. The first-order valence-corrected chi connectivity index (χ1v) is 6.43. The van der Waals surface area contributed by atoms with Crippen molar-refractivity contribution in [2.45, 2.75) is 6.42 Å². The molecule has 0 spiro atoms. The topological polar surface area (TPSA) is 48.6 Å². The Morgan fingerprint density at radius 3 is 2.50 bits per heavy atom. The normalized spacial score (nSPS) is 10.2. The molecule has 2 aromatic carbocycles. The standard InChI is InChI=1S/C15H12N2OS.BrH/c18-13(10-5-2-1-3-6-10)9-11-7-4-8-12-14(11)17-15(19)16-12;/h1-8H,9H2,(H2,16,17,19);1H. The summed E-state index contributed by atoms with van der Waals surface area (Å²) in [5.74, 6) is 0.105. The molecule has 1 heterocycles. The maximum absolute atomic E-state index is 12.2. The average molecular weight is 349 g/mol. The molecule has 0 bridgehead atoms. The van der Waals surface area contributed by atoms with Crippen LogP contribution in [-0.4, -0.2) is 15.8 Å². The molecule has 2 N–H and O–H groups in total. The highest BCUT2D eigenvalue weighted by Gasteiger charge is 2.10. The SMILES string of the molecule is Br.O=C(Cc1cccc2[nH]c(=S)[nH]c12)c1ccccc1. The van der Waals surface area contributed by atoms with E-state index in [1.807, 2.05) is 48.5 Å². The Labute approximate surface area is 131 Å². The number of aromatic amines is 2. The van der Waals surface area contributed by atoms with E-state index < -0.39 is 0 Å². The van der Waals surface area contributed by atoms with Gasteiger partial charge in [-0.1, -0.05) is 42.5 Å². The molecule has 0 atom stereocenters. The molecular weight excluding hydrogens is 336 g/mol. The van der Waals surface area contributed by atoms with Gasteiger partial charge in [-0.3, -0.25) is 4.79 Å². The fourth-order valence-electron chi connectivity index (χ4n) is 2.17. The molecule has 0 aliphatic rings. The molecule has 0 aliphatic heterocycles. The van der Waals surface area contributed by atoms with Crippen molar-refractivity contribution in [3.05, 3.63) is 64.4 Å². The number of para-hydroxylation sites is 1. The number of H-pyrrole nitrogens is 2. The van der Waals surface area contributed by atoms with E-state index in [2.05, 4.69) is 9.97 Å². The molecule has 3 rings (SSSR count). The van der Waals surface area contributed by atoms with Gasteiger partial charge in [-0.25, -0.2) is 0 Å². The first-order chi connectivity index (χ1) is 9.24. The van der Waals surface area contributed by atoms with Crippen molar-refractivity contribution in [1.82, 2.24) is 9.97 Å². The predicted molar refractivity (Wildman–Crippen MR) is 88.3 cm³/mol. The summed E-state index contributed by atoms with van der Waals surface area (Å²) >= 11 is 5.08. The summed E-state index contributed by atoms with van der Waals surface area (Å²) in [5.41, 5.74) is 3.53. The Kier molecular flexibility index (Phi) is 4.52. The molecule has 0 fully saturated rings. The second-order valence-electron chi connectivity index (χ2n) is 4.38. The van der Waals surface area contributed by atoms with Crippen LogP contribution >= 0.6 is 29.2 Å². The molecule has 0 saturated carbocycles. The van der Waals surface area contributed by atoms with Gasteiger partial charge in [-0.15, -0.1) is 17.0 Å². The minimum atomic E-state index is 0. The van der Waals surface area contributed by atoms with Crippen LogP contribution in [-0.2, 0) is 6.42 Å². The summed E-state index contributed by atoms with van der Waals surface area (Å²) < 4.78 is 0.578. The molecule has 0 aliphatic carbocycles. The smallest absolute Gasteiger partial charge is 0.175 e. The van der Waals surface area contributed by atoms with Gasteiger partial charge in [0.15, 0.2) is 10.6 Å². The number of benzene rings is 2. The maximum atomic E-state index is 12.2. The number of halogens is 1. The molecule has 0 saturated heterocycles. The summed E-state index contributed by atoms with van der Waals surface area (Å²) in [6.07, 6.45) is 0.366. The van der Waals surface area contributed by atoms with E-state index in [9.17, 15) is 4.79 Å². The minimum absolute atomic E-state index is 0. The number of rotatable bonds is 3. The second kappa shape index (κ2) is 6.15. The largest absolute Gasteiger partial charge is 0.331 e. The average Bonchev–Trinajstić information content (AvgIpc) is 2.81. The van der Waals surface area contributed by atoms with E-state index in [0.29, 0.717) is 11.2 Å². The highest BCUT2D eigenvalue weighted by Crippen LogP contribution is 2.17. The van der Waals surface area contributed by atoms with Crippen LogP contribution in [0.15, 0.2) is 48.5 Å². The summed E-state index contributed by atoms with van der Waals surface area (Å²) in [6, 6.07) is 15.1. The quantitative estimate of drug-likeness (QED) is 0.549. The lowest BCUT2D eigenvalue weighted by Gasteiger charge is -2.02. The number of hydrogen-bond acceptors (Lipinski definition) is 2. The molecule has 102 valence electrons. The van der Waals surface area contributed by atoms with Crippen molar-refractivity contribution in [1.29, 1.82) is 0 Å². The van der Waals surface area contributed by atoms with Crippen LogP contribution < -0.4 is 0 Å². The number of nitrogens with one attached hydrogen (secondary N) is 2. The highest BCUT2D eigenvalue weighted by molar-refractivity contribution is 8.93. The summed E-state index contributed by atoms with van der Waals surface area (Å²) in [7, 11) is 0. The third-order valence-electron chi connectivity index (χ3n) is 3.08. The van der Waals surface area contributed by atoms with Crippen LogP contribution in [0.25, 0.3) is 11.0 Å². The van der Waals surface area contributed by atoms with E-state index in [1.165, 1.54) is 0 Å². The highest BCUT2D eigenvalue weighted by atomic mass is 79.9. The number of fused-ring (bicyclic) bond motifs is 1. The molecule has 5 heteroatoms. The first-order valence-electron chi connectivity index (χ1n) is 6.02. The van der Waals surface area contributed by atoms with Gasteiger partial charge in [-0.2, -0.15) is 0 Å². The van der Waals surface area contributed by atoms with Crippen LogP contribution in [0.3, 0.4) is 0 Å². The van der Waals surface area contributed by atoms with Gasteiger partial charge >= 0.3 is 0 Å². The number of imidazole rings is 1. The zero-order valence-corrected chi connectivity index (χ0v) is 13.1. The van der Waals surface area contributed by atoms with Gasteiger partial charge < -0.3 is 9.97 Å². The second-order valence-corrected chi connectivity index (χ2v) is 4.79. The number of aromatic nitrogens is 2. The van der Waals surface area contributed by atoms with Crippen LogP contribution in [0.5, 0.6) is 0 Å². The third-order valence-corrected chi connectivity index (χ3v) is 3.29. The van der Waals surface area contributed by atoms with Crippen molar-refractivity contribution in [3.63, 3.8) is 0 Å². The van der Waals surface area contributed by atoms with Gasteiger partial charge in [0.2, 0.25) is 0 Å². The number of hydrogen-bond donors (Lipinski definition) is 2. The molecule has 0 amide bonds. The maximum Gasteiger partial charge on any atom is 0.175 e. The van der Waals surface area contributed by atoms with E-state index in [1.54, 1.807) is 0 Å². The molecule has 3 nitrogen and oxygen atoms in total. The summed E-state index contributed by atoms with van der Waals surface area (Å²) in [5, 5.41) is 0. The minimum Gasteiger partial charge on any atom is -0.331 e. The van der Waals surface area contributed by atoms with Crippen molar-refractivity contribution >= 4 is 46.0 Å². The molecule has 3 aromatic rings. The van der Waals surface area contributed by atoms with Gasteiger partial charge in [-0.05, 0) is 23.8 Å². The Morgan fingerprint density at radius 2 is 1.75 bits per heavy atom. The first kappa shape index (κ1) is 14.7. The monoisotopic (exact) mass is 348 g/mol. The van der Waals surface area contributed by atoms with Gasteiger partial charge in [0.1, 0.15) is 0 Å². The van der Waals surface area contributed by atoms with E-state index in [0.717, 1.165) is 22.2 Å². The predicted octanol–water partition coefficient (Wildman–Crippen LogP) is 4.23. The number of Topliss-reactive ketones (excluding diaryl/α,β-unsaturated/α-hetero) is 1. The lowest BCUT2D eigenvalue weighted by molar-refractivity contribution is 0.0993. The van der Waals surface area contributed by atoms with Gasteiger partial charge in [0.25, 0.3) is 0 Å². The van der Waals surface area contributed by atoms with Crippen molar-refractivity contribution in [3.8, 4) is 0 Å². The zero-order valence-electron chi connectivity index (χ0n) is 10.6. The third kappa shape index (κ3) is 2.89. The van der Waals surface area contributed by atoms with Gasteiger partial charge in [0.05, 0.1) is 11.0 Å². The lowest BCUT2D eigenvalue weighted by atomic mass is 10.0. The van der Waals surface area contributed by atoms with E-state index in [4.69, 9.17) is 12.2 Å².